The predicted molar refractivity (Wildman–Crippen MR) is 52.0 cm³/mol. The molecule has 0 spiro atoms. The molecule has 0 fully saturated rings. The van der Waals surface area contributed by atoms with E-state index >= 15 is 0 Å². The van der Waals surface area contributed by atoms with Gasteiger partial charge in [-0.1, -0.05) is 30.4 Å². The Balaban J connectivity index is 3.81. The summed E-state index contributed by atoms with van der Waals surface area (Å²) < 4.78 is 15.1. The van der Waals surface area contributed by atoms with Crippen LogP contribution < -0.4 is 5.09 Å². The van der Waals surface area contributed by atoms with Crippen LogP contribution in [0.2, 0.25) is 0 Å². The average Bonchev–Trinajstić information content (AvgIpc) is 1.99. The first-order valence-electron chi connectivity index (χ1n) is 4.16. The van der Waals surface area contributed by atoms with E-state index < -0.39 is 14.7 Å². The van der Waals surface area contributed by atoms with Crippen LogP contribution in [0.25, 0.3) is 0 Å². The van der Waals surface area contributed by atoms with Crippen LogP contribution in [0.3, 0.4) is 0 Å². The zero-order chi connectivity index (χ0) is 10.5. The van der Waals surface area contributed by atoms with Crippen LogP contribution in [0.5, 0.6) is 0 Å². The zero-order valence-electron chi connectivity index (χ0n) is 8.51. The van der Waals surface area contributed by atoms with Gasteiger partial charge in [0.1, 0.15) is 6.04 Å². The quantitative estimate of drug-likeness (QED) is 0.559. The molecule has 0 aromatic rings. The van der Waals surface area contributed by atoms with Gasteiger partial charge in [-0.25, -0.2) is 0 Å². The maximum Gasteiger partial charge on any atom is 0.419 e. The van der Waals surface area contributed by atoms with Crippen LogP contribution in [0.1, 0.15) is 27.7 Å². The second-order valence-corrected chi connectivity index (χ2v) is 4.63. The predicted octanol–water partition coefficient (Wildman–Crippen LogP) is 1.49. The number of carbonyl (C=O) groups is 1. The number of nitrogens with one attached hydrogen (secondary N) is 1. The van der Waals surface area contributed by atoms with E-state index in [0.717, 1.165) is 0 Å². The number of carbonyl (C=O) groups excluding carboxylic acids is 1. The minimum absolute atomic E-state index is 0.0326. The van der Waals surface area contributed by atoms with Crippen molar-refractivity contribution in [1.29, 1.82) is 0 Å². The van der Waals surface area contributed by atoms with E-state index in [1.54, 1.807) is 6.92 Å². The molecule has 5 heteroatoms. The van der Waals surface area contributed by atoms with Gasteiger partial charge in [0.15, 0.2) is 0 Å². The van der Waals surface area contributed by atoms with Crippen molar-refractivity contribution < 1.29 is 14.1 Å². The van der Waals surface area contributed by atoms with Gasteiger partial charge in [0.2, 0.25) is 0 Å². The molecule has 0 aliphatic rings. The minimum atomic E-state index is -0.679. The number of rotatable bonds is 4. The van der Waals surface area contributed by atoms with Gasteiger partial charge in [0.25, 0.3) is 0 Å². The highest BCUT2D eigenvalue weighted by molar-refractivity contribution is 7.21. The first kappa shape index (κ1) is 12.5. The Hall–Kier alpha value is -0.470. The maximum absolute atomic E-state index is 11.2. The number of ether oxygens (including phenoxy) is 1. The van der Waals surface area contributed by atoms with Crippen molar-refractivity contribution in [1.82, 2.24) is 5.09 Å². The summed E-state index contributed by atoms with van der Waals surface area (Å²) in [6.07, 6.45) is 0. The molecule has 0 aliphatic heterocycles. The summed E-state index contributed by atoms with van der Waals surface area (Å²) in [5.41, 5.74) is -0.0326. The molecule has 76 valence electrons. The third-order valence-electron chi connectivity index (χ3n) is 1.28. The lowest BCUT2D eigenvalue weighted by Crippen LogP contribution is -2.31. The van der Waals surface area contributed by atoms with Gasteiger partial charge < -0.3 is 4.74 Å². The molecule has 0 saturated carbocycles. The molecule has 0 heterocycles. The van der Waals surface area contributed by atoms with E-state index in [0.29, 0.717) is 6.61 Å². The summed E-state index contributed by atoms with van der Waals surface area (Å²) in [7, 11) is -0.679. The van der Waals surface area contributed by atoms with Gasteiger partial charge in [0, 0.05) is 0 Å². The molecular weight excluding hydrogens is 189 g/mol. The third-order valence-corrected chi connectivity index (χ3v) is 1.83. The highest BCUT2D eigenvalue weighted by atomic mass is 31.1. The first-order valence-corrected chi connectivity index (χ1v) is 5.07. The monoisotopic (exact) mass is 206 g/mol. The van der Waals surface area contributed by atoms with Gasteiger partial charge in [-0.2, -0.15) is 0 Å². The van der Waals surface area contributed by atoms with E-state index in [1.165, 1.54) is 0 Å². The number of hydrogen-bond acceptors (Lipinski definition) is 3. The van der Waals surface area contributed by atoms with Crippen LogP contribution in [0.4, 0.5) is 0 Å². The van der Waals surface area contributed by atoms with Gasteiger partial charge in [0.05, 0.1) is 6.61 Å². The van der Waals surface area contributed by atoms with Crippen molar-refractivity contribution in [2.75, 3.05) is 6.61 Å². The van der Waals surface area contributed by atoms with E-state index in [1.807, 2.05) is 20.8 Å². The average molecular weight is 206 g/mol. The Labute approximate surface area is 80.3 Å². The minimum Gasteiger partial charge on any atom is -0.464 e. The molecule has 0 aliphatic carbocycles. The fraction of sp³-hybridized carbons (Fsp3) is 0.875. The summed E-state index contributed by atoms with van der Waals surface area (Å²) >= 11 is 0. The molecule has 0 bridgehead atoms. The molecular formula is C8H17NO3P+. The second-order valence-electron chi connectivity index (χ2n) is 4.14. The maximum atomic E-state index is 11.2. The van der Waals surface area contributed by atoms with E-state index in [2.05, 4.69) is 5.09 Å². The molecule has 0 aromatic heterocycles. The fourth-order valence-corrected chi connectivity index (χ4v) is 0.855. The van der Waals surface area contributed by atoms with Gasteiger partial charge in [-0.3, -0.25) is 4.79 Å². The molecule has 2 unspecified atom stereocenters. The summed E-state index contributed by atoms with van der Waals surface area (Å²) in [6.45, 7) is 7.94. The standard InChI is InChI=1S/C8H16NO3P/c1-6(9-13-11)7(10)12-5-8(2,3)4/h6H,5H2,1-4H3,(H,9,11)/p+1. The molecule has 0 radical (unpaired) electrons. The topological polar surface area (TPSA) is 55.4 Å². The van der Waals surface area contributed by atoms with Crippen LogP contribution in [0, 0.1) is 5.41 Å². The van der Waals surface area contributed by atoms with E-state index in [4.69, 9.17) is 4.74 Å². The lowest BCUT2D eigenvalue weighted by molar-refractivity contribution is -0.147. The van der Waals surface area contributed by atoms with E-state index in [-0.39, 0.29) is 11.4 Å². The van der Waals surface area contributed by atoms with Crippen molar-refractivity contribution in [2.24, 2.45) is 5.41 Å². The van der Waals surface area contributed by atoms with Crippen LogP contribution >= 0.6 is 8.61 Å². The van der Waals surface area contributed by atoms with Crippen molar-refractivity contribution in [3.8, 4) is 0 Å². The summed E-state index contributed by atoms with van der Waals surface area (Å²) in [4.78, 5) is 11.2. The largest absolute Gasteiger partial charge is 0.464 e. The summed E-state index contributed by atoms with van der Waals surface area (Å²) in [5.74, 6) is -0.363. The van der Waals surface area contributed by atoms with Crippen molar-refractivity contribution in [3.63, 3.8) is 0 Å². The molecule has 2 atom stereocenters. The summed E-state index contributed by atoms with van der Waals surface area (Å²) in [6, 6.07) is -0.502. The highest BCUT2D eigenvalue weighted by Gasteiger charge is 2.20. The van der Waals surface area contributed by atoms with Crippen LogP contribution in [-0.4, -0.2) is 18.6 Å². The third kappa shape index (κ3) is 6.67. The van der Waals surface area contributed by atoms with Crippen molar-refractivity contribution in [3.05, 3.63) is 0 Å². The molecule has 0 saturated heterocycles. The second kappa shape index (κ2) is 5.30. The molecule has 0 amide bonds. The van der Waals surface area contributed by atoms with Gasteiger partial charge in [-0.05, 0) is 12.3 Å². The van der Waals surface area contributed by atoms with Crippen molar-refractivity contribution in [2.45, 2.75) is 33.7 Å². The lowest BCUT2D eigenvalue weighted by atomic mass is 9.99. The Kier molecular flexibility index (Phi) is 5.11. The van der Waals surface area contributed by atoms with Gasteiger partial charge >= 0.3 is 14.6 Å². The Bertz CT molecular complexity index is 188. The normalized spacial score (nSPS) is 14.2. The van der Waals surface area contributed by atoms with Crippen LogP contribution in [0.15, 0.2) is 0 Å². The van der Waals surface area contributed by atoms with Crippen LogP contribution in [-0.2, 0) is 14.1 Å². The molecule has 0 rings (SSSR count). The fourth-order valence-electron chi connectivity index (χ4n) is 0.560. The Morgan fingerprint density at radius 2 is 2.08 bits per heavy atom. The molecule has 1 N–H and O–H groups in total. The highest BCUT2D eigenvalue weighted by Crippen LogP contribution is 2.13. The number of esters is 1. The first-order chi connectivity index (χ1) is 5.87. The molecule has 0 aromatic carbocycles. The smallest absolute Gasteiger partial charge is 0.419 e. The van der Waals surface area contributed by atoms with Gasteiger partial charge in [-0.15, -0.1) is 0 Å². The Morgan fingerprint density at radius 3 is 2.46 bits per heavy atom. The Morgan fingerprint density at radius 1 is 1.54 bits per heavy atom. The molecule has 13 heavy (non-hydrogen) atoms. The van der Waals surface area contributed by atoms with E-state index in [9.17, 15) is 9.36 Å². The number of hydrogen-bond donors (Lipinski definition) is 1. The summed E-state index contributed by atoms with van der Waals surface area (Å²) in [5, 5.41) is 2.48. The lowest BCUT2D eigenvalue weighted by Gasteiger charge is -2.18. The zero-order valence-corrected chi connectivity index (χ0v) is 9.51. The van der Waals surface area contributed by atoms with Crippen molar-refractivity contribution >= 4 is 14.6 Å². The molecule has 4 nitrogen and oxygen atoms in total. The SMILES string of the molecule is CC(N[PH+]=O)C(=O)OCC(C)(C)C.